The third-order valence-electron chi connectivity index (χ3n) is 10.1. The van der Waals surface area contributed by atoms with E-state index >= 15 is 0 Å². The number of nitrogens with two attached hydrogens (primary N) is 1. The summed E-state index contributed by atoms with van der Waals surface area (Å²) in [5.74, 6) is 0. The maximum Gasteiger partial charge on any atom is 0.0731 e. The van der Waals surface area contributed by atoms with Crippen LogP contribution in [-0.2, 0) is 5.41 Å². The van der Waals surface area contributed by atoms with Crippen molar-refractivity contribution < 1.29 is 0 Å². The summed E-state index contributed by atoms with van der Waals surface area (Å²) in [5, 5.41) is 5.43. The molecule has 8 rings (SSSR count). The van der Waals surface area contributed by atoms with Gasteiger partial charge in [-0.05, 0) is 103 Å². The van der Waals surface area contributed by atoms with Crippen molar-refractivity contribution in [3.63, 3.8) is 0 Å². The van der Waals surface area contributed by atoms with E-state index in [1.807, 2.05) is 12.2 Å². The molecule has 0 saturated carbocycles. The fourth-order valence-corrected chi connectivity index (χ4v) is 8.00. The summed E-state index contributed by atoms with van der Waals surface area (Å²) >= 11 is 0. The molecule has 2 aliphatic carbocycles. The molecule has 238 valence electrons. The minimum atomic E-state index is -0.435. The molecule has 2 nitrogen and oxygen atoms in total. The summed E-state index contributed by atoms with van der Waals surface area (Å²) in [7, 11) is 1.79. The zero-order valence-corrected chi connectivity index (χ0v) is 28.2. The number of rotatable bonds is 6. The Balaban J connectivity index is 0.000000373. The second kappa shape index (κ2) is 12.5. The van der Waals surface area contributed by atoms with Gasteiger partial charge >= 0.3 is 0 Å². The first kappa shape index (κ1) is 31.5. The molecule has 0 amide bonds. The summed E-state index contributed by atoms with van der Waals surface area (Å²) in [6.07, 6.45) is 7.28. The van der Waals surface area contributed by atoms with Gasteiger partial charge < -0.3 is 11.1 Å². The minimum absolute atomic E-state index is 0.435. The Bertz CT molecular complexity index is 2300. The number of likely N-dealkylation sites (N-methyl/N-ethyl adjacent to an activating group) is 1. The van der Waals surface area contributed by atoms with Crippen LogP contribution >= 0.6 is 0 Å². The molecule has 0 aromatic heterocycles. The van der Waals surface area contributed by atoms with E-state index in [0.29, 0.717) is 5.70 Å². The average Bonchev–Trinajstić information content (AvgIpc) is 3.62. The van der Waals surface area contributed by atoms with Gasteiger partial charge in [0.15, 0.2) is 0 Å². The van der Waals surface area contributed by atoms with Crippen molar-refractivity contribution in [1.82, 2.24) is 5.32 Å². The van der Waals surface area contributed by atoms with Gasteiger partial charge in [-0.1, -0.05) is 153 Å². The van der Waals surface area contributed by atoms with Crippen molar-refractivity contribution in [2.45, 2.75) is 12.3 Å². The number of nitrogens with one attached hydrogen (secondary N) is 1. The topological polar surface area (TPSA) is 38.0 Å². The van der Waals surface area contributed by atoms with Crippen molar-refractivity contribution >= 4 is 22.9 Å². The monoisotopic (exact) mass is 632 g/mol. The lowest BCUT2D eigenvalue weighted by molar-refractivity contribution is 0.801. The molecule has 0 heterocycles. The summed E-state index contributed by atoms with van der Waals surface area (Å²) in [6, 6.07) is 42.8. The van der Waals surface area contributed by atoms with Crippen LogP contribution in [0.2, 0.25) is 0 Å². The van der Waals surface area contributed by atoms with Crippen LogP contribution in [0.5, 0.6) is 0 Å². The van der Waals surface area contributed by atoms with Gasteiger partial charge in [-0.2, -0.15) is 0 Å². The van der Waals surface area contributed by atoms with Crippen molar-refractivity contribution in [1.29, 1.82) is 0 Å². The zero-order valence-electron chi connectivity index (χ0n) is 28.2. The lowest BCUT2D eigenvalue weighted by Gasteiger charge is -2.32. The number of hydrogen-bond acceptors (Lipinski definition) is 2. The predicted molar refractivity (Wildman–Crippen MR) is 211 cm³/mol. The van der Waals surface area contributed by atoms with E-state index in [0.717, 1.165) is 16.8 Å². The second-order valence-corrected chi connectivity index (χ2v) is 12.5. The first-order chi connectivity index (χ1) is 23.9. The molecule has 1 spiro atoms. The Morgan fingerprint density at radius 2 is 1.24 bits per heavy atom. The van der Waals surface area contributed by atoms with Crippen molar-refractivity contribution in [2.24, 2.45) is 5.73 Å². The molecular weight excluding hydrogens is 593 g/mol. The van der Waals surface area contributed by atoms with Gasteiger partial charge in [-0.3, -0.25) is 0 Å². The Kier molecular flexibility index (Phi) is 8.02. The van der Waals surface area contributed by atoms with Crippen LogP contribution in [0.4, 0.5) is 0 Å². The predicted octanol–water partition coefficient (Wildman–Crippen LogP) is 11.2. The van der Waals surface area contributed by atoms with Gasteiger partial charge in [-0.15, -0.1) is 0 Å². The molecule has 0 aliphatic heterocycles. The van der Waals surface area contributed by atoms with Crippen LogP contribution in [0, 0.1) is 6.92 Å². The number of benzene rings is 6. The second-order valence-electron chi connectivity index (χ2n) is 12.5. The summed E-state index contributed by atoms with van der Waals surface area (Å²) in [5.41, 5.74) is 23.0. The smallest absolute Gasteiger partial charge is 0.0731 e. The number of fused-ring (bicyclic) bond motifs is 12. The molecule has 0 atom stereocenters. The van der Waals surface area contributed by atoms with E-state index in [4.69, 9.17) is 5.73 Å². The zero-order chi connectivity index (χ0) is 34.3. The Morgan fingerprint density at radius 3 is 1.82 bits per heavy atom. The maximum absolute atomic E-state index is 5.47. The molecule has 2 aliphatic rings. The van der Waals surface area contributed by atoms with E-state index in [-0.39, 0.29) is 0 Å². The molecule has 0 fully saturated rings. The molecule has 6 aromatic rings. The van der Waals surface area contributed by atoms with Gasteiger partial charge in [0.2, 0.25) is 0 Å². The summed E-state index contributed by atoms with van der Waals surface area (Å²) in [6.45, 7) is 17.8. The highest BCUT2D eigenvalue weighted by molar-refractivity contribution is 6.07. The lowest BCUT2D eigenvalue weighted by atomic mass is 9.68. The summed E-state index contributed by atoms with van der Waals surface area (Å²) in [4.78, 5) is 0. The van der Waals surface area contributed by atoms with Gasteiger partial charge in [-0.25, -0.2) is 0 Å². The quantitative estimate of drug-likeness (QED) is 0.179. The van der Waals surface area contributed by atoms with E-state index < -0.39 is 5.41 Å². The molecule has 2 heteroatoms. The van der Waals surface area contributed by atoms with Crippen molar-refractivity contribution in [3.8, 4) is 33.4 Å². The van der Waals surface area contributed by atoms with Crippen LogP contribution in [0.25, 0.3) is 56.3 Å². The molecule has 3 N–H and O–H groups in total. The average molecular weight is 633 g/mol. The molecule has 0 radical (unpaired) electrons. The molecule has 0 saturated heterocycles. The molecule has 0 bridgehead atoms. The van der Waals surface area contributed by atoms with E-state index in [1.54, 1.807) is 19.2 Å². The Labute approximate surface area is 290 Å². The largest absolute Gasteiger partial charge is 0.397 e. The van der Waals surface area contributed by atoms with Crippen LogP contribution in [0.1, 0.15) is 38.9 Å². The fraction of sp³-hybridized carbons (Fsp3) is 0.0638. The SMILES string of the molecule is C=C/C(N)=C(\C=C)NC.C=Cc1c(-c2ccc(C)cc2)cc2c(c1C=C)-c1ccc3ccccc3c1C21c2ccccc2-c2ccccc21. The van der Waals surface area contributed by atoms with Crippen LogP contribution < -0.4 is 11.1 Å². The standard InChI is InChI=1S/C40H28.C7H12N2/c1-4-28-29(5-2)38-33-23-22-26-12-6-7-13-30(26)39(33)40(37(38)24-34(28)27-20-18-25(3)19-21-27)35-16-10-8-14-31(35)32-15-9-11-17-36(32)40;1-4-6(8)7(5-2)9-3/h4-24H,1-2H2,3H3;4-5,9H,1-2,8H2,3H3/b;7-6-. The Morgan fingerprint density at radius 1 is 0.633 bits per heavy atom. The van der Waals surface area contributed by atoms with Crippen LogP contribution in [0.3, 0.4) is 0 Å². The van der Waals surface area contributed by atoms with E-state index in [2.05, 4.69) is 154 Å². The molecule has 0 unspecified atom stereocenters. The van der Waals surface area contributed by atoms with Gasteiger partial charge in [0.25, 0.3) is 0 Å². The van der Waals surface area contributed by atoms with Gasteiger partial charge in [0, 0.05) is 7.05 Å². The molecule has 49 heavy (non-hydrogen) atoms. The van der Waals surface area contributed by atoms with Gasteiger partial charge in [0.05, 0.1) is 16.8 Å². The number of aryl methyl sites for hydroxylation is 1. The fourth-order valence-electron chi connectivity index (χ4n) is 8.00. The van der Waals surface area contributed by atoms with Crippen molar-refractivity contribution in [3.05, 3.63) is 204 Å². The highest BCUT2D eigenvalue weighted by Gasteiger charge is 2.53. The Hall–Kier alpha value is -6.12. The van der Waals surface area contributed by atoms with E-state index in [9.17, 15) is 0 Å². The minimum Gasteiger partial charge on any atom is -0.397 e. The normalized spacial score (nSPS) is 13.2. The highest BCUT2D eigenvalue weighted by Crippen LogP contribution is 2.65. The summed E-state index contributed by atoms with van der Waals surface area (Å²) < 4.78 is 0. The number of allylic oxidation sites excluding steroid dienone is 2. The molecule has 6 aromatic carbocycles. The first-order valence-electron chi connectivity index (χ1n) is 16.6. The van der Waals surface area contributed by atoms with Gasteiger partial charge in [0.1, 0.15) is 0 Å². The first-order valence-corrected chi connectivity index (χ1v) is 16.6. The van der Waals surface area contributed by atoms with Crippen LogP contribution in [0.15, 0.2) is 165 Å². The van der Waals surface area contributed by atoms with Crippen LogP contribution in [-0.4, -0.2) is 7.05 Å². The highest BCUT2D eigenvalue weighted by atomic mass is 14.8. The van der Waals surface area contributed by atoms with Crippen molar-refractivity contribution in [2.75, 3.05) is 7.05 Å². The third-order valence-corrected chi connectivity index (χ3v) is 10.1. The van der Waals surface area contributed by atoms with E-state index in [1.165, 1.54) is 72.0 Å². The lowest BCUT2D eigenvalue weighted by Crippen LogP contribution is -2.26. The maximum atomic E-state index is 5.47. The number of hydrogen-bond donors (Lipinski definition) is 2. The molecular formula is C47H40N2. The third kappa shape index (κ3) is 4.63.